The lowest BCUT2D eigenvalue weighted by Crippen LogP contribution is -2.31. The van der Waals surface area contributed by atoms with Gasteiger partial charge in [-0.2, -0.15) is 5.26 Å². The van der Waals surface area contributed by atoms with Crippen LogP contribution in [0.2, 0.25) is 0 Å². The first-order valence-electron chi connectivity index (χ1n) is 10.2. The second-order valence-electron chi connectivity index (χ2n) is 8.45. The molecule has 4 rings (SSSR count). The Morgan fingerprint density at radius 2 is 1.97 bits per heavy atom. The number of rotatable bonds is 6. The first-order valence-corrected chi connectivity index (χ1v) is 11.3. The van der Waals surface area contributed by atoms with Crippen molar-refractivity contribution in [3.8, 4) is 11.8 Å². The molecule has 0 fully saturated rings. The van der Waals surface area contributed by atoms with Crippen LogP contribution in [0.15, 0.2) is 35.2 Å². The van der Waals surface area contributed by atoms with Crippen molar-refractivity contribution in [2.45, 2.75) is 24.2 Å². The van der Waals surface area contributed by atoms with Crippen LogP contribution in [0.25, 0.3) is 10.9 Å². The highest BCUT2D eigenvalue weighted by Gasteiger charge is 2.41. The summed E-state index contributed by atoms with van der Waals surface area (Å²) in [6.07, 6.45) is 0. The molecular weight excluding hydrogens is 426 g/mol. The van der Waals surface area contributed by atoms with E-state index in [0.29, 0.717) is 40.5 Å². The number of benzene rings is 2. The third-order valence-electron chi connectivity index (χ3n) is 5.85. The van der Waals surface area contributed by atoms with E-state index in [0.717, 1.165) is 22.2 Å². The fourth-order valence-electron chi connectivity index (χ4n) is 4.19. The number of ether oxygens (including phenoxy) is 2. The van der Waals surface area contributed by atoms with Gasteiger partial charge in [-0.3, -0.25) is 4.79 Å². The first-order chi connectivity index (χ1) is 15.2. The number of H-pyrrole nitrogens is 1. The Hall–Kier alpha value is -2.83. The number of nitrogens with one attached hydrogen (secondary N) is 1. The monoisotopic (exact) mass is 451 g/mol. The van der Waals surface area contributed by atoms with Gasteiger partial charge < -0.3 is 19.0 Å². The van der Waals surface area contributed by atoms with Crippen molar-refractivity contribution in [3.05, 3.63) is 58.3 Å². The van der Waals surface area contributed by atoms with Gasteiger partial charge in [-0.25, -0.2) is 0 Å². The number of aromatic amines is 1. The van der Waals surface area contributed by atoms with Crippen molar-refractivity contribution in [1.29, 1.82) is 5.26 Å². The summed E-state index contributed by atoms with van der Waals surface area (Å²) in [5, 5.41) is 10.0. The van der Waals surface area contributed by atoms with E-state index in [1.807, 2.05) is 26.0 Å². The number of nitrogens with zero attached hydrogens (tertiary/aromatic N) is 2. The van der Waals surface area contributed by atoms with Crippen LogP contribution in [-0.4, -0.2) is 54.0 Å². The lowest BCUT2D eigenvalue weighted by Gasteiger charge is -2.33. The van der Waals surface area contributed by atoms with Crippen molar-refractivity contribution >= 4 is 28.0 Å². The second-order valence-corrected chi connectivity index (χ2v) is 10.1. The summed E-state index contributed by atoms with van der Waals surface area (Å²) in [6, 6.07) is 10.9. The molecule has 0 aliphatic heterocycles. The number of hydrogen-bond acceptors (Lipinski definition) is 6. The maximum Gasteiger partial charge on any atom is 0.216 e. The SMILES string of the molecule is COCCOc1cc2c(cc1[S+]([O-])N(C)C)C(=O)c1c([nH]c3cc(C#N)ccc13)C2(C)C. The highest BCUT2D eigenvalue weighted by atomic mass is 32.2. The molecule has 1 atom stereocenters. The molecule has 0 radical (unpaired) electrons. The molecule has 0 spiro atoms. The fraction of sp³-hybridized carbons (Fsp3) is 0.333. The van der Waals surface area contributed by atoms with Crippen LogP contribution in [0, 0.1) is 11.3 Å². The number of hydrogen-bond donors (Lipinski definition) is 1. The van der Waals surface area contributed by atoms with Gasteiger partial charge in [-0.1, -0.05) is 19.9 Å². The van der Waals surface area contributed by atoms with Crippen molar-refractivity contribution in [2.24, 2.45) is 0 Å². The maximum absolute atomic E-state index is 13.7. The van der Waals surface area contributed by atoms with Crippen molar-refractivity contribution in [1.82, 2.24) is 9.29 Å². The summed E-state index contributed by atoms with van der Waals surface area (Å²) in [5.74, 6) is 0.339. The van der Waals surface area contributed by atoms with Crippen molar-refractivity contribution in [3.63, 3.8) is 0 Å². The molecular formula is C24H25N3O4S. The summed E-state index contributed by atoms with van der Waals surface area (Å²) >= 11 is -1.50. The van der Waals surface area contributed by atoms with Crippen LogP contribution in [0.1, 0.15) is 46.6 Å². The smallest absolute Gasteiger partial charge is 0.216 e. The van der Waals surface area contributed by atoms with Gasteiger partial charge in [0.15, 0.2) is 11.5 Å². The van der Waals surface area contributed by atoms with Crippen LogP contribution in [0.5, 0.6) is 5.75 Å². The summed E-state index contributed by atoms with van der Waals surface area (Å²) < 4.78 is 25.6. The molecule has 7 nitrogen and oxygen atoms in total. The molecule has 166 valence electrons. The van der Waals surface area contributed by atoms with E-state index in [4.69, 9.17) is 9.47 Å². The zero-order chi connectivity index (χ0) is 23.2. The quantitative estimate of drug-likeness (QED) is 0.455. The van der Waals surface area contributed by atoms with Gasteiger partial charge in [0.2, 0.25) is 4.90 Å². The van der Waals surface area contributed by atoms with Gasteiger partial charge in [-0.05, 0) is 23.8 Å². The lowest BCUT2D eigenvalue weighted by molar-refractivity contribution is 0.103. The third kappa shape index (κ3) is 3.48. The minimum absolute atomic E-state index is 0.134. The maximum atomic E-state index is 13.7. The second kappa shape index (κ2) is 8.26. The minimum Gasteiger partial charge on any atom is -0.593 e. The largest absolute Gasteiger partial charge is 0.593 e. The van der Waals surface area contributed by atoms with Gasteiger partial charge in [0, 0.05) is 54.8 Å². The van der Waals surface area contributed by atoms with E-state index in [-0.39, 0.29) is 5.78 Å². The van der Waals surface area contributed by atoms with Gasteiger partial charge in [-0.15, -0.1) is 4.31 Å². The molecule has 1 aromatic heterocycles. The Labute approximate surface area is 190 Å². The van der Waals surface area contributed by atoms with Crippen LogP contribution >= 0.6 is 0 Å². The van der Waals surface area contributed by atoms with Crippen LogP contribution in [-0.2, 0) is 21.5 Å². The highest BCUT2D eigenvalue weighted by molar-refractivity contribution is 7.89. The Balaban J connectivity index is 1.94. The molecule has 2 aromatic carbocycles. The van der Waals surface area contributed by atoms with Gasteiger partial charge in [0.05, 0.1) is 35.2 Å². The van der Waals surface area contributed by atoms with Gasteiger partial charge in [0.25, 0.3) is 0 Å². The van der Waals surface area contributed by atoms with E-state index in [1.54, 1.807) is 43.7 Å². The third-order valence-corrected chi connectivity index (χ3v) is 7.20. The molecule has 8 heteroatoms. The molecule has 0 saturated carbocycles. The number of ketones is 1. The summed E-state index contributed by atoms with van der Waals surface area (Å²) in [6.45, 7) is 4.77. The molecule has 1 aliphatic carbocycles. The first kappa shape index (κ1) is 22.4. The average molecular weight is 452 g/mol. The van der Waals surface area contributed by atoms with Crippen molar-refractivity contribution in [2.75, 3.05) is 34.4 Å². The Morgan fingerprint density at radius 3 is 2.62 bits per heavy atom. The predicted molar refractivity (Wildman–Crippen MR) is 122 cm³/mol. The zero-order valence-electron chi connectivity index (χ0n) is 18.7. The molecule has 0 saturated heterocycles. The number of carbonyl (C=O) groups is 1. The molecule has 32 heavy (non-hydrogen) atoms. The molecule has 1 N–H and O–H groups in total. The standard InChI is InChI=1S/C24H25N3O4S/c1-24(2)17-12-19(31-9-8-30-5)20(32(29)27(3)4)11-16(17)22(28)21-15-7-6-14(13-25)10-18(15)26-23(21)24/h6-7,10-12,26H,8-9H2,1-5H3. The number of carbonyl (C=O) groups excluding carboxylic acids is 1. The summed E-state index contributed by atoms with van der Waals surface area (Å²) in [4.78, 5) is 17.5. The molecule has 1 aliphatic rings. The molecule has 3 aromatic rings. The van der Waals surface area contributed by atoms with Crippen LogP contribution in [0.4, 0.5) is 0 Å². The molecule has 0 amide bonds. The lowest BCUT2D eigenvalue weighted by atomic mass is 9.71. The molecule has 1 heterocycles. The topological polar surface area (TPSA) is 101 Å². The highest BCUT2D eigenvalue weighted by Crippen LogP contribution is 2.46. The number of aromatic nitrogens is 1. The number of fused-ring (bicyclic) bond motifs is 4. The molecule has 0 bridgehead atoms. The van der Waals surface area contributed by atoms with E-state index < -0.39 is 16.8 Å². The molecule has 1 unspecified atom stereocenters. The van der Waals surface area contributed by atoms with Gasteiger partial charge >= 0.3 is 0 Å². The number of methoxy groups -OCH3 is 1. The van der Waals surface area contributed by atoms with Crippen molar-refractivity contribution < 1.29 is 18.8 Å². The predicted octanol–water partition coefficient (Wildman–Crippen LogP) is 3.52. The van der Waals surface area contributed by atoms with E-state index >= 15 is 0 Å². The van der Waals surface area contributed by atoms with Crippen LogP contribution in [0.3, 0.4) is 0 Å². The van der Waals surface area contributed by atoms with E-state index in [2.05, 4.69) is 11.1 Å². The Bertz CT molecular complexity index is 1260. The fourth-order valence-corrected chi connectivity index (χ4v) is 5.09. The Morgan fingerprint density at radius 1 is 1.22 bits per heavy atom. The normalized spacial score (nSPS) is 15.4. The zero-order valence-corrected chi connectivity index (χ0v) is 19.6. The van der Waals surface area contributed by atoms with E-state index in [9.17, 15) is 14.6 Å². The van der Waals surface area contributed by atoms with Crippen LogP contribution < -0.4 is 4.74 Å². The van der Waals surface area contributed by atoms with Gasteiger partial charge in [0.1, 0.15) is 6.61 Å². The summed E-state index contributed by atoms with van der Waals surface area (Å²) in [5.41, 5.74) is 3.43. The number of nitriles is 1. The summed E-state index contributed by atoms with van der Waals surface area (Å²) in [7, 11) is 5.02. The average Bonchev–Trinajstić information content (AvgIpc) is 3.17. The minimum atomic E-state index is -1.50. The Kier molecular flexibility index (Phi) is 5.77. The van der Waals surface area contributed by atoms with E-state index in [1.165, 1.54) is 0 Å².